The topological polar surface area (TPSA) is 55.8 Å². The molecule has 0 saturated carbocycles. The second kappa shape index (κ2) is 8.58. The van der Waals surface area contributed by atoms with Gasteiger partial charge in [-0.25, -0.2) is 0 Å². The summed E-state index contributed by atoms with van der Waals surface area (Å²) in [6.07, 6.45) is 3.25. The number of piperidine rings is 1. The summed E-state index contributed by atoms with van der Waals surface area (Å²) < 4.78 is 11.4. The maximum Gasteiger partial charge on any atom is 0.308 e. The number of ketones is 1. The normalized spacial score (nSPS) is 28.0. The summed E-state index contributed by atoms with van der Waals surface area (Å²) in [5.41, 5.74) is 3.96. The van der Waals surface area contributed by atoms with Gasteiger partial charge in [0, 0.05) is 41.2 Å². The van der Waals surface area contributed by atoms with Crippen LogP contribution in [0.1, 0.15) is 47.3 Å². The van der Waals surface area contributed by atoms with Crippen molar-refractivity contribution >= 4 is 23.5 Å². The molecule has 0 amide bonds. The molecule has 1 fully saturated rings. The van der Waals surface area contributed by atoms with Gasteiger partial charge in [-0.15, -0.1) is 11.8 Å². The average Bonchev–Trinajstić information content (AvgIpc) is 2.80. The zero-order chi connectivity index (χ0) is 24.2. The first-order valence-electron chi connectivity index (χ1n) is 11.8. The molecule has 0 radical (unpaired) electrons. The van der Waals surface area contributed by atoms with Crippen LogP contribution in [0.3, 0.4) is 0 Å². The summed E-state index contributed by atoms with van der Waals surface area (Å²) in [7, 11) is 3.76. The lowest BCUT2D eigenvalue weighted by Gasteiger charge is -2.59. The SMILES string of the molecule is COC1=C[C@@H]2[C@@H]3[C@H](Sc4ccc(C)cc4)c4ccc(C)c(OC(C)=O)c4[C@]2(CCN3C)CC1=O. The minimum Gasteiger partial charge on any atom is -0.493 e. The molecule has 1 heterocycles. The van der Waals surface area contributed by atoms with Gasteiger partial charge in [0.1, 0.15) is 5.75 Å². The molecule has 0 aromatic heterocycles. The van der Waals surface area contributed by atoms with Crippen molar-refractivity contribution in [3.05, 3.63) is 70.5 Å². The Balaban J connectivity index is 1.77. The summed E-state index contributed by atoms with van der Waals surface area (Å²) in [4.78, 5) is 29.0. The molecule has 6 heteroatoms. The van der Waals surface area contributed by atoms with E-state index in [0.717, 1.165) is 24.1 Å². The van der Waals surface area contributed by atoms with E-state index in [-0.39, 0.29) is 29.0 Å². The lowest BCUT2D eigenvalue weighted by atomic mass is 9.53. The van der Waals surface area contributed by atoms with Crippen LogP contribution in [0.15, 0.2) is 53.1 Å². The first-order valence-corrected chi connectivity index (χ1v) is 12.7. The monoisotopic (exact) mass is 477 g/mol. The minimum atomic E-state index is -0.410. The van der Waals surface area contributed by atoms with Crippen molar-refractivity contribution in [2.24, 2.45) is 5.92 Å². The van der Waals surface area contributed by atoms with Crippen molar-refractivity contribution in [1.29, 1.82) is 0 Å². The Morgan fingerprint density at radius 3 is 2.56 bits per heavy atom. The highest BCUT2D eigenvalue weighted by Gasteiger charge is 2.59. The number of likely N-dealkylation sites (tertiary alicyclic amines) is 1. The number of hydrogen-bond acceptors (Lipinski definition) is 6. The van der Waals surface area contributed by atoms with Crippen LogP contribution in [-0.4, -0.2) is 43.4 Å². The predicted molar refractivity (Wildman–Crippen MR) is 133 cm³/mol. The molecular weight excluding hydrogens is 446 g/mol. The van der Waals surface area contributed by atoms with Crippen LogP contribution in [0.2, 0.25) is 0 Å². The average molecular weight is 478 g/mol. The van der Waals surface area contributed by atoms with Gasteiger partial charge in [-0.2, -0.15) is 0 Å². The van der Waals surface area contributed by atoms with Crippen molar-refractivity contribution < 1.29 is 19.1 Å². The second-order valence-corrected chi connectivity index (χ2v) is 11.1. The number of rotatable bonds is 4. The number of hydrogen-bond donors (Lipinski definition) is 0. The van der Waals surface area contributed by atoms with Gasteiger partial charge in [-0.1, -0.05) is 29.8 Å². The summed E-state index contributed by atoms with van der Waals surface area (Å²) in [6, 6.07) is 13.0. The Morgan fingerprint density at radius 1 is 1.15 bits per heavy atom. The molecule has 1 saturated heterocycles. The van der Waals surface area contributed by atoms with Gasteiger partial charge >= 0.3 is 5.97 Å². The molecule has 3 aliphatic rings. The van der Waals surface area contributed by atoms with E-state index >= 15 is 0 Å². The second-order valence-electron chi connectivity index (χ2n) is 9.86. The Hall–Kier alpha value is -2.57. The fraction of sp³-hybridized carbons (Fsp3) is 0.429. The van der Waals surface area contributed by atoms with Crippen molar-refractivity contribution in [1.82, 2.24) is 4.90 Å². The highest BCUT2D eigenvalue weighted by atomic mass is 32.2. The number of allylic oxidation sites excluding steroid dienone is 1. The number of benzene rings is 2. The maximum absolute atomic E-state index is 13.2. The third-order valence-electron chi connectivity index (χ3n) is 7.76. The molecule has 0 spiro atoms. The standard InChI is InChI=1S/C28H31NO4S/c1-16-6-9-19(10-7-16)34-27-20-11-8-17(2)26(33-18(3)30)24(20)28-12-13-29(4)25(27)21(28)14-23(32-5)22(31)15-28/h6-11,14,21,25,27H,12-13,15H2,1-5H3/t21-,25-,27-,28-/m1/s1. The molecule has 2 aliphatic carbocycles. The summed E-state index contributed by atoms with van der Waals surface area (Å²) in [5, 5.41) is 0.110. The van der Waals surface area contributed by atoms with E-state index in [1.54, 1.807) is 7.11 Å². The molecular formula is C28H31NO4S. The van der Waals surface area contributed by atoms with E-state index in [9.17, 15) is 9.59 Å². The van der Waals surface area contributed by atoms with Crippen LogP contribution in [0.25, 0.3) is 0 Å². The fourth-order valence-corrected chi connectivity index (χ4v) is 7.60. The quantitative estimate of drug-likeness (QED) is 0.449. The number of likely N-dealkylation sites (N-methyl/N-ethyl adjacent to an activating group) is 1. The van der Waals surface area contributed by atoms with Gasteiger partial charge < -0.3 is 14.4 Å². The smallest absolute Gasteiger partial charge is 0.308 e. The number of carbonyl (C=O) groups is 2. The molecule has 34 heavy (non-hydrogen) atoms. The summed E-state index contributed by atoms with van der Waals surface area (Å²) >= 11 is 1.85. The minimum absolute atomic E-state index is 0.0212. The molecule has 2 aromatic carbocycles. The molecule has 0 unspecified atom stereocenters. The zero-order valence-corrected chi connectivity index (χ0v) is 21.2. The number of ether oxygens (including phenoxy) is 2. The van der Waals surface area contributed by atoms with Gasteiger partial charge in [-0.05, 0) is 63.2 Å². The molecule has 2 aromatic rings. The number of esters is 1. The molecule has 2 bridgehead atoms. The molecule has 5 nitrogen and oxygen atoms in total. The third-order valence-corrected chi connectivity index (χ3v) is 9.09. The van der Waals surface area contributed by atoms with Crippen LogP contribution < -0.4 is 4.74 Å². The summed E-state index contributed by atoms with van der Waals surface area (Å²) in [6.45, 7) is 6.40. The lowest BCUT2D eigenvalue weighted by molar-refractivity contribution is -0.132. The van der Waals surface area contributed by atoms with Crippen LogP contribution in [0, 0.1) is 19.8 Å². The molecule has 1 aliphatic heterocycles. The van der Waals surface area contributed by atoms with Crippen LogP contribution in [-0.2, 0) is 19.7 Å². The van der Waals surface area contributed by atoms with E-state index in [2.05, 4.69) is 55.3 Å². The van der Waals surface area contributed by atoms with E-state index in [1.807, 2.05) is 24.8 Å². The Kier molecular flexibility index (Phi) is 5.85. The molecule has 5 rings (SSSR count). The van der Waals surface area contributed by atoms with Crippen LogP contribution >= 0.6 is 11.8 Å². The Labute approximate surface area is 205 Å². The van der Waals surface area contributed by atoms with Gasteiger partial charge in [0.05, 0.1) is 12.4 Å². The number of carbonyl (C=O) groups excluding carboxylic acids is 2. The number of methoxy groups -OCH3 is 1. The lowest BCUT2D eigenvalue weighted by Crippen LogP contribution is -2.61. The first-order chi connectivity index (χ1) is 16.2. The number of nitrogens with zero attached hydrogens (tertiary/aromatic N) is 1. The van der Waals surface area contributed by atoms with Gasteiger partial charge in [-0.3, -0.25) is 9.59 Å². The number of Topliss-reactive ketones (excluding diaryl/α,β-unsaturated/α-hetero) is 1. The zero-order valence-electron chi connectivity index (χ0n) is 20.4. The van der Waals surface area contributed by atoms with Gasteiger partial charge in [0.25, 0.3) is 0 Å². The number of fused-ring (bicyclic) bond motifs is 1. The molecule has 4 atom stereocenters. The highest BCUT2D eigenvalue weighted by Crippen LogP contribution is 2.62. The van der Waals surface area contributed by atoms with Gasteiger partial charge in [0.15, 0.2) is 11.5 Å². The van der Waals surface area contributed by atoms with Gasteiger partial charge in [0.2, 0.25) is 0 Å². The maximum atomic E-state index is 13.2. The summed E-state index contributed by atoms with van der Waals surface area (Å²) in [5.74, 6) is 0.843. The van der Waals surface area contributed by atoms with Crippen LogP contribution in [0.5, 0.6) is 5.75 Å². The Bertz CT molecular complexity index is 1190. The Morgan fingerprint density at radius 2 is 1.88 bits per heavy atom. The largest absolute Gasteiger partial charge is 0.493 e. The van der Waals surface area contributed by atoms with Crippen molar-refractivity contribution in [3.8, 4) is 5.75 Å². The predicted octanol–water partition coefficient (Wildman–Crippen LogP) is 5.14. The van der Waals surface area contributed by atoms with E-state index in [1.165, 1.54) is 22.9 Å². The molecule has 0 N–H and O–H groups in total. The van der Waals surface area contributed by atoms with Crippen LogP contribution in [0.4, 0.5) is 0 Å². The van der Waals surface area contributed by atoms with Crippen molar-refractivity contribution in [3.63, 3.8) is 0 Å². The van der Waals surface area contributed by atoms with Crippen molar-refractivity contribution in [2.45, 2.75) is 55.2 Å². The third kappa shape index (κ3) is 3.59. The highest BCUT2D eigenvalue weighted by molar-refractivity contribution is 7.99. The fourth-order valence-electron chi connectivity index (χ4n) is 6.18. The van der Waals surface area contributed by atoms with E-state index < -0.39 is 5.41 Å². The van der Waals surface area contributed by atoms with Crippen molar-refractivity contribution in [2.75, 3.05) is 20.7 Å². The number of aryl methyl sites for hydroxylation is 2. The molecule has 178 valence electrons. The first kappa shape index (κ1) is 23.2. The van der Waals surface area contributed by atoms with E-state index in [4.69, 9.17) is 9.47 Å². The number of thioether (sulfide) groups is 1. The van der Waals surface area contributed by atoms with E-state index in [0.29, 0.717) is 17.9 Å².